The molecule has 1 aliphatic carbocycles. The zero-order valence-corrected chi connectivity index (χ0v) is 14.1. The summed E-state index contributed by atoms with van der Waals surface area (Å²) in [5.74, 6) is 0.123. The Labute approximate surface area is 145 Å². The lowest BCUT2D eigenvalue weighted by Crippen LogP contribution is -2.23. The van der Waals surface area contributed by atoms with Crippen molar-refractivity contribution in [1.82, 2.24) is 9.55 Å². The molecule has 0 aliphatic heterocycles. The van der Waals surface area contributed by atoms with Crippen molar-refractivity contribution >= 4 is 23.3 Å². The quantitative estimate of drug-likeness (QED) is 0.657. The average Bonchev–Trinajstić information content (AvgIpc) is 2.57. The molecule has 4 N–H and O–H groups in total. The van der Waals surface area contributed by atoms with Crippen molar-refractivity contribution in [2.24, 2.45) is 17.8 Å². The molecule has 0 fully saturated rings. The Bertz CT molecular complexity index is 989. The van der Waals surface area contributed by atoms with E-state index in [2.05, 4.69) is 15.7 Å². The van der Waals surface area contributed by atoms with Gasteiger partial charge in [0.25, 0.3) is 5.56 Å². The number of rotatable bonds is 4. The fourth-order valence-corrected chi connectivity index (χ4v) is 2.68. The van der Waals surface area contributed by atoms with Gasteiger partial charge in [0, 0.05) is 43.7 Å². The Morgan fingerprint density at radius 1 is 1.36 bits per heavy atom. The monoisotopic (exact) mass is 333 g/mol. The second-order valence-corrected chi connectivity index (χ2v) is 5.73. The maximum Gasteiger partial charge on any atom is 0.254 e. The van der Waals surface area contributed by atoms with Gasteiger partial charge >= 0.3 is 0 Å². The fraction of sp³-hybridized carbons (Fsp3) is 0.158. The zero-order valence-electron chi connectivity index (χ0n) is 14.1. The lowest BCUT2D eigenvalue weighted by atomic mass is 9.84. The minimum absolute atomic E-state index is 0.0798. The van der Waals surface area contributed by atoms with Gasteiger partial charge in [-0.15, -0.1) is 5.73 Å². The van der Waals surface area contributed by atoms with Crippen molar-refractivity contribution in [2.45, 2.75) is 5.92 Å². The molecule has 0 amide bonds. The zero-order chi connectivity index (χ0) is 18.0. The standard InChI is InChI=1S/C19H19N5O/c1-22-11-14(10-20)12-3-5-13(6-4-12)15-7-8-16(15)17-9-18(25)24(2)19(21)23-17/h3-6,8-11,16H,20H2,1-2H3,(H2,21,23)/b14-10+,22-11?/t16-/m0/s1. The smallest absolute Gasteiger partial charge is 0.254 e. The average molecular weight is 333 g/mol. The van der Waals surface area contributed by atoms with Gasteiger partial charge in [-0.2, -0.15) is 0 Å². The van der Waals surface area contributed by atoms with Crippen LogP contribution in [0.3, 0.4) is 0 Å². The van der Waals surface area contributed by atoms with E-state index in [1.165, 1.54) is 16.8 Å². The molecule has 25 heavy (non-hydrogen) atoms. The summed E-state index contributed by atoms with van der Waals surface area (Å²) in [4.78, 5) is 20.2. The van der Waals surface area contributed by atoms with Crippen molar-refractivity contribution in [3.8, 4) is 0 Å². The summed E-state index contributed by atoms with van der Waals surface area (Å²) in [6, 6.07) is 9.46. The normalized spacial score (nSPS) is 16.8. The number of hydrogen-bond donors (Lipinski definition) is 2. The molecule has 0 saturated carbocycles. The van der Waals surface area contributed by atoms with E-state index in [1.54, 1.807) is 20.3 Å². The molecule has 1 atom stereocenters. The summed E-state index contributed by atoms with van der Waals surface area (Å²) in [5.41, 5.74) is 18.9. The third kappa shape index (κ3) is 3.03. The highest BCUT2D eigenvalue weighted by molar-refractivity contribution is 6.09. The molecule has 6 nitrogen and oxygen atoms in total. The van der Waals surface area contributed by atoms with Crippen LogP contribution in [0.5, 0.6) is 0 Å². The van der Waals surface area contributed by atoms with Crippen LogP contribution in [0.15, 0.2) is 58.1 Å². The van der Waals surface area contributed by atoms with Gasteiger partial charge in [-0.25, -0.2) is 4.98 Å². The first kappa shape index (κ1) is 16.5. The van der Waals surface area contributed by atoms with Gasteiger partial charge in [-0.1, -0.05) is 24.3 Å². The molecule has 1 aliphatic rings. The number of benzene rings is 1. The molecule has 126 valence electrons. The van der Waals surface area contributed by atoms with Gasteiger partial charge in [0.2, 0.25) is 5.95 Å². The van der Waals surface area contributed by atoms with Crippen LogP contribution in [-0.2, 0) is 7.05 Å². The van der Waals surface area contributed by atoms with Gasteiger partial charge < -0.3 is 11.5 Å². The minimum atomic E-state index is -0.172. The number of nitrogens with two attached hydrogens (primary N) is 2. The second kappa shape index (κ2) is 6.63. The molecule has 1 aromatic heterocycles. The first-order valence-electron chi connectivity index (χ1n) is 7.80. The molecule has 3 rings (SSSR count). The van der Waals surface area contributed by atoms with Gasteiger partial charge in [-0.05, 0) is 17.2 Å². The van der Waals surface area contributed by atoms with Gasteiger partial charge in [0.05, 0.1) is 11.6 Å². The van der Waals surface area contributed by atoms with Crippen LogP contribution in [0, 0.1) is 0 Å². The van der Waals surface area contributed by atoms with Crippen LogP contribution in [0.25, 0.3) is 11.1 Å². The second-order valence-electron chi connectivity index (χ2n) is 5.73. The fourth-order valence-electron chi connectivity index (χ4n) is 2.68. The van der Waals surface area contributed by atoms with Crippen LogP contribution < -0.4 is 17.0 Å². The molecule has 6 heteroatoms. The molecule has 0 unspecified atom stereocenters. The van der Waals surface area contributed by atoms with E-state index >= 15 is 0 Å². The van der Waals surface area contributed by atoms with Gasteiger partial charge in [0.1, 0.15) is 0 Å². The van der Waals surface area contributed by atoms with Crippen molar-refractivity contribution in [3.05, 3.63) is 75.5 Å². The Kier molecular flexibility index (Phi) is 4.37. The highest BCUT2D eigenvalue weighted by Crippen LogP contribution is 2.37. The minimum Gasteiger partial charge on any atom is -0.404 e. The lowest BCUT2D eigenvalue weighted by Gasteiger charge is -2.21. The Morgan fingerprint density at radius 3 is 2.60 bits per heavy atom. The summed E-state index contributed by atoms with van der Waals surface area (Å²) >= 11 is 0. The Balaban J connectivity index is 1.88. The topological polar surface area (TPSA) is 99.3 Å². The third-order valence-corrected chi connectivity index (χ3v) is 4.20. The van der Waals surface area contributed by atoms with Crippen molar-refractivity contribution in [2.75, 3.05) is 12.8 Å². The maximum absolute atomic E-state index is 11.9. The predicted molar refractivity (Wildman–Crippen MR) is 101 cm³/mol. The number of nitrogen functional groups attached to an aromatic ring is 1. The van der Waals surface area contributed by atoms with Gasteiger partial charge in [0.15, 0.2) is 0 Å². The van der Waals surface area contributed by atoms with Crippen molar-refractivity contribution in [3.63, 3.8) is 0 Å². The highest BCUT2D eigenvalue weighted by Gasteiger charge is 2.23. The molecule has 1 heterocycles. The SMILES string of the molecule is CN=C/C(=C\N)c1ccc(C2=C=C[C@@H]2c2cc(=O)n(C)c(N)n2)cc1. The molecule has 1 aromatic carbocycles. The van der Waals surface area contributed by atoms with Crippen molar-refractivity contribution in [1.29, 1.82) is 0 Å². The molecule has 0 spiro atoms. The molecule has 0 saturated heterocycles. The number of anilines is 1. The van der Waals surface area contributed by atoms with Crippen LogP contribution in [0.1, 0.15) is 22.7 Å². The highest BCUT2D eigenvalue weighted by atomic mass is 16.1. The molecule has 2 aromatic rings. The Morgan fingerprint density at radius 2 is 2.08 bits per heavy atom. The molecular weight excluding hydrogens is 314 g/mol. The Hall–Kier alpha value is -3.37. The number of nitrogens with zero attached hydrogens (tertiary/aromatic N) is 3. The summed E-state index contributed by atoms with van der Waals surface area (Å²) < 4.78 is 1.32. The van der Waals surface area contributed by atoms with E-state index < -0.39 is 0 Å². The summed E-state index contributed by atoms with van der Waals surface area (Å²) in [5, 5.41) is 0. The van der Waals surface area contributed by atoms with Crippen LogP contribution in [0.4, 0.5) is 5.95 Å². The van der Waals surface area contributed by atoms with Crippen LogP contribution >= 0.6 is 0 Å². The predicted octanol–water partition coefficient (Wildman–Crippen LogP) is 1.70. The number of allylic oxidation sites excluding steroid dienone is 2. The molecule has 0 radical (unpaired) electrons. The first-order chi connectivity index (χ1) is 12.0. The lowest BCUT2D eigenvalue weighted by molar-refractivity contribution is 0.815. The van der Waals surface area contributed by atoms with E-state index in [0.29, 0.717) is 5.69 Å². The number of aromatic nitrogens is 2. The van der Waals surface area contributed by atoms with E-state index in [0.717, 1.165) is 22.3 Å². The van der Waals surface area contributed by atoms with E-state index in [1.807, 2.05) is 30.3 Å². The van der Waals surface area contributed by atoms with Crippen LogP contribution in [-0.4, -0.2) is 22.8 Å². The van der Waals surface area contributed by atoms with E-state index in [-0.39, 0.29) is 17.4 Å². The summed E-state index contributed by atoms with van der Waals surface area (Å²) in [7, 11) is 3.30. The van der Waals surface area contributed by atoms with Crippen LogP contribution in [0.2, 0.25) is 0 Å². The number of aliphatic imine (C=N–C) groups is 1. The van der Waals surface area contributed by atoms with E-state index in [4.69, 9.17) is 11.5 Å². The van der Waals surface area contributed by atoms with Crippen molar-refractivity contribution < 1.29 is 0 Å². The van der Waals surface area contributed by atoms with Gasteiger partial charge in [-0.3, -0.25) is 14.4 Å². The largest absolute Gasteiger partial charge is 0.404 e. The third-order valence-electron chi connectivity index (χ3n) is 4.20. The molecular formula is C19H19N5O. The summed E-state index contributed by atoms with van der Waals surface area (Å²) in [6.07, 6.45) is 5.13. The number of hydrogen-bond acceptors (Lipinski definition) is 5. The summed E-state index contributed by atoms with van der Waals surface area (Å²) in [6.45, 7) is 0. The maximum atomic E-state index is 11.9. The van der Waals surface area contributed by atoms with E-state index in [9.17, 15) is 4.79 Å². The first-order valence-corrected chi connectivity index (χ1v) is 7.80. The molecule has 0 bridgehead atoms.